The lowest BCUT2D eigenvalue weighted by atomic mass is 10.0. The first-order valence-corrected chi connectivity index (χ1v) is 11.8. The maximum absolute atomic E-state index is 11.1. The Labute approximate surface area is 212 Å². The fourth-order valence-electron chi connectivity index (χ4n) is 3.74. The van der Waals surface area contributed by atoms with Crippen molar-refractivity contribution in [2.24, 2.45) is 0 Å². The molecule has 0 aliphatic carbocycles. The van der Waals surface area contributed by atoms with E-state index in [1.165, 1.54) is 12.1 Å². The number of aromatic carboxylic acids is 1. The van der Waals surface area contributed by atoms with E-state index >= 15 is 0 Å². The van der Waals surface area contributed by atoms with Gasteiger partial charge in [0.2, 0.25) is 0 Å². The van der Waals surface area contributed by atoms with Crippen molar-refractivity contribution in [1.82, 2.24) is 0 Å². The smallest absolute Gasteiger partial charge is 0.335 e. The lowest BCUT2D eigenvalue weighted by Crippen LogP contribution is -2.01. The number of fused-ring (bicyclic) bond motifs is 1. The Hall–Kier alpha value is -4.08. The standard InChI is InChI=1S/C29H22BrNO4/c1-2-34-27-15-23(14-24(17-31)19-10-12-21(13-11-19)29(32)33)26(30)16-28(27)35-18-22-8-5-7-20-6-3-4-9-25(20)22/h3-16H,2,18H2,1H3,(H,32,33)/b24-14-. The van der Waals surface area contributed by atoms with Crippen LogP contribution in [-0.2, 0) is 6.61 Å². The molecule has 0 radical (unpaired) electrons. The number of carboxylic acids is 1. The summed E-state index contributed by atoms with van der Waals surface area (Å²) in [6.07, 6.45) is 1.73. The first-order chi connectivity index (χ1) is 17.0. The third kappa shape index (κ3) is 5.53. The third-order valence-corrected chi connectivity index (χ3v) is 6.18. The number of hydrogen-bond donors (Lipinski definition) is 1. The Morgan fingerprint density at radius 2 is 1.66 bits per heavy atom. The Morgan fingerprint density at radius 3 is 2.37 bits per heavy atom. The van der Waals surface area contributed by atoms with Gasteiger partial charge >= 0.3 is 5.97 Å². The zero-order valence-electron chi connectivity index (χ0n) is 19.0. The van der Waals surface area contributed by atoms with E-state index < -0.39 is 5.97 Å². The van der Waals surface area contributed by atoms with Gasteiger partial charge in [0, 0.05) is 4.47 Å². The van der Waals surface area contributed by atoms with E-state index in [1.807, 2.05) is 43.3 Å². The summed E-state index contributed by atoms with van der Waals surface area (Å²) < 4.78 is 12.8. The molecular formula is C29H22BrNO4. The molecule has 0 bridgehead atoms. The van der Waals surface area contributed by atoms with Gasteiger partial charge in [-0.1, -0.05) is 70.5 Å². The molecule has 0 atom stereocenters. The molecule has 0 saturated carbocycles. The highest BCUT2D eigenvalue weighted by atomic mass is 79.9. The summed E-state index contributed by atoms with van der Waals surface area (Å²) in [6.45, 7) is 2.73. The van der Waals surface area contributed by atoms with Crippen LogP contribution in [0.15, 0.2) is 83.3 Å². The van der Waals surface area contributed by atoms with Gasteiger partial charge in [-0.2, -0.15) is 5.26 Å². The minimum absolute atomic E-state index is 0.165. The fraction of sp³-hybridized carbons (Fsp3) is 0.103. The predicted molar refractivity (Wildman–Crippen MR) is 140 cm³/mol. The van der Waals surface area contributed by atoms with Crippen LogP contribution in [0.25, 0.3) is 22.4 Å². The van der Waals surface area contributed by atoms with Gasteiger partial charge in [-0.3, -0.25) is 0 Å². The summed E-state index contributed by atoms with van der Waals surface area (Å²) in [5.41, 5.74) is 3.00. The molecule has 174 valence electrons. The maximum atomic E-state index is 11.1. The summed E-state index contributed by atoms with van der Waals surface area (Å²) >= 11 is 3.59. The molecule has 0 spiro atoms. The van der Waals surface area contributed by atoms with Crippen LogP contribution in [0.1, 0.15) is 34.0 Å². The second kappa shape index (κ2) is 10.9. The average molecular weight is 528 g/mol. The number of benzene rings is 4. The highest BCUT2D eigenvalue weighted by molar-refractivity contribution is 9.10. The van der Waals surface area contributed by atoms with Crippen LogP contribution in [0.4, 0.5) is 0 Å². The normalized spacial score (nSPS) is 11.2. The van der Waals surface area contributed by atoms with Crippen LogP contribution < -0.4 is 9.47 Å². The van der Waals surface area contributed by atoms with Crippen molar-refractivity contribution >= 4 is 44.3 Å². The number of carboxylic acid groups (broad SMARTS) is 1. The molecular weight excluding hydrogens is 506 g/mol. The molecule has 0 unspecified atom stereocenters. The molecule has 5 nitrogen and oxygen atoms in total. The van der Waals surface area contributed by atoms with Crippen LogP contribution in [-0.4, -0.2) is 17.7 Å². The first kappa shape index (κ1) is 24.1. The monoisotopic (exact) mass is 527 g/mol. The van der Waals surface area contributed by atoms with Crippen molar-refractivity contribution in [2.45, 2.75) is 13.5 Å². The predicted octanol–water partition coefficient (Wildman–Crippen LogP) is 7.34. The molecule has 35 heavy (non-hydrogen) atoms. The quantitative estimate of drug-likeness (QED) is 0.191. The lowest BCUT2D eigenvalue weighted by molar-refractivity contribution is 0.0697. The zero-order chi connectivity index (χ0) is 24.8. The van der Waals surface area contributed by atoms with E-state index in [-0.39, 0.29) is 5.56 Å². The van der Waals surface area contributed by atoms with E-state index in [0.717, 1.165) is 26.4 Å². The van der Waals surface area contributed by atoms with Crippen LogP contribution >= 0.6 is 15.9 Å². The molecule has 0 saturated heterocycles. The summed E-state index contributed by atoms with van der Waals surface area (Å²) in [7, 11) is 0. The van der Waals surface area contributed by atoms with Crippen molar-refractivity contribution in [1.29, 1.82) is 5.26 Å². The lowest BCUT2D eigenvalue weighted by Gasteiger charge is -2.15. The van der Waals surface area contributed by atoms with Gasteiger partial charge in [0.1, 0.15) is 6.61 Å². The minimum atomic E-state index is -1.01. The second-order valence-electron chi connectivity index (χ2n) is 7.73. The van der Waals surface area contributed by atoms with Crippen molar-refractivity contribution in [3.63, 3.8) is 0 Å². The van der Waals surface area contributed by atoms with Gasteiger partial charge in [0.05, 0.1) is 23.8 Å². The SMILES string of the molecule is CCOc1cc(/C=C(/C#N)c2ccc(C(=O)O)cc2)c(Br)cc1OCc1cccc2ccccc12. The largest absolute Gasteiger partial charge is 0.490 e. The summed E-state index contributed by atoms with van der Waals surface area (Å²) in [6, 6.07) is 26.4. The Balaban J connectivity index is 1.64. The van der Waals surface area contributed by atoms with Gasteiger partial charge in [0.15, 0.2) is 11.5 Å². The molecule has 0 aliphatic rings. The minimum Gasteiger partial charge on any atom is -0.490 e. The number of hydrogen-bond acceptors (Lipinski definition) is 4. The van der Waals surface area contributed by atoms with Gasteiger partial charge in [-0.05, 0) is 64.7 Å². The molecule has 0 fully saturated rings. The average Bonchev–Trinajstić information content (AvgIpc) is 2.88. The van der Waals surface area contributed by atoms with Crippen molar-refractivity contribution in [3.05, 3.63) is 106 Å². The topological polar surface area (TPSA) is 79.5 Å². The van der Waals surface area contributed by atoms with E-state index in [4.69, 9.17) is 14.6 Å². The van der Waals surface area contributed by atoms with Gasteiger partial charge < -0.3 is 14.6 Å². The van der Waals surface area contributed by atoms with E-state index in [0.29, 0.717) is 35.8 Å². The number of nitrogens with zero attached hydrogens (tertiary/aromatic N) is 1. The molecule has 4 rings (SSSR count). The molecule has 1 N–H and O–H groups in total. The number of rotatable bonds is 8. The molecule has 0 aromatic heterocycles. The van der Waals surface area contributed by atoms with Crippen molar-refractivity contribution in [2.75, 3.05) is 6.61 Å². The number of nitriles is 1. The Kier molecular flexibility index (Phi) is 7.49. The fourth-order valence-corrected chi connectivity index (χ4v) is 4.18. The van der Waals surface area contributed by atoms with Gasteiger partial charge in [-0.15, -0.1) is 0 Å². The van der Waals surface area contributed by atoms with Gasteiger partial charge in [0.25, 0.3) is 0 Å². The van der Waals surface area contributed by atoms with E-state index in [9.17, 15) is 10.1 Å². The maximum Gasteiger partial charge on any atom is 0.335 e. The summed E-state index contributed by atoms with van der Waals surface area (Å²) in [5.74, 6) is 0.149. The van der Waals surface area contributed by atoms with Crippen LogP contribution in [0.3, 0.4) is 0 Å². The number of halogens is 1. The first-order valence-electron chi connectivity index (χ1n) is 11.0. The second-order valence-corrected chi connectivity index (χ2v) is 8.59. The Morgan fingerprint density at radius 1 is 0.971 bits per heavy atom. The summed E-state index contributed by atoms with van der Waals surface area (Å²) in [5, 5.41) is 21.1. The van der Waals surface area contributed by atoms with E-state index in [1.54, 1.807) is 18.2 Å². The van der Waals surface area contributed by atoms with Crippen LogP contribution in [0.5, 0.6) is 11.5 Å². The third-order valence-electron chi connectivity index (χ3n) is 5.49. The molecule has 0 aliphatic heterocycles. The van der Waals surface area contributed by atoms with Crippen LogP contribution in [0, 0.1) is 11.3 Å². The molecule has 4 aromatic carbocycles. The zero-order valence-corrected chi connectivity index (χ0v) is 20.6. The number of ether oxygens (including phenoxy) is 2. The summed E-state index contributed by atoms with van der Waals surface area (Å²) in [4.78, 5) is 11.1. The van der Waals surface area contributed by atoms with Gasteiger partial charge in [-0.25, -0.2) is 4.79 Å². The highest BCUT2D eigenvalue weighted by Gasteiger charge is 2.13. The van der Waals surface area contributed by atoms with E-state index in [2.05, 4.69) is 40.2 Å². The molecule has 4 aromatic rings. The number of carbonyl (C=O) groups is 1. The molecule has 0 amide bonds. The molecule has 0 heterocycles. The van der Waals surface area contributed by atoms with Crippen LogP contribution in [0.2, 0.25) is 0 Å². The molecule has 6 heteroatoms. The highest BCUT2D eigenvalue weighted by Crippen LogP contribution is 2.36. The van der Waals surface area contributed by atoms with Crippen molar-refractivity contribution < 1.29 is 19.4 Å². The Bertz CT molecular complexity index is 1450. The van der Waals surface area contributed by atoms with Crippen molar-refractivity contribution in [3.8, 4) is 17.6 Å². The number of allylic oxidation sites excluding steroid dienone is 1.